The average Bonchev–Trinajstić information content (AvgIpc) is 3.07. The summed E-state index contributed by atoms with van der Waals surface area (Å²) in [7, 11) is 0. The van der Waals surface area contributed by atoms with Crippen molar-refractivity contribution in [3.05, 3.63) is 34.9 Å². The molecule has 0 saturated heterocycles. The normalized spacial score (nSPS) is 31.2. The molecule has 1 amide bonds. The van der Waals surface area contributed by atoms with Gasteiger partial charge in [0.2, 0.25) is 11.0 Å². The van der Waals surface area contributed by atoms with Gasteiger partial charge in [-0.25, -0.2) is 0 Å². The number of hydrogen-bond acceptors (Lipinski definition) is 5. The van der Waals surface area contributed by atoms with E-state index in [1.54, 1.807) is 11.8 Å². The van der Waals surface area contributed by atoms with Crippen LogP contribution in [0.2, 0.25) is 5.02 Å². The van der Waals surface area contributed by atoms with E-state index < -0.39 is 0 Å². The molecule has 4 aliphatic rings. The maximum atomic E-state index is 13.1. The van der Waals surface area contributed by atoms with Gasteiger partial charge in [0, 0.05) is 10.8 Å². The van der Waals surface area contributed by atoms with E-state index in [-0.39, 0.29) is 11.3 Å². The molecule has 4 nitrogen and oxygen atoms in total. The number of benzene rings is 1. The van der Waals surface area contributed by atoms with Gasteiger partial charge in [-0.1, -0.05) is 52.9 Å². The number of carbonyl (C=O) groups excluding carboxylic acids is 1. The molecule has 27 heavy (non-hydrogen) atoms. The number of halogens is 1. The fourth-order valence-corrected chi connectivity index (χ4v) is 7.72. The van der Waals surface area contributed by atoms with Gasteiger partial charge >= 0.3 is 0 Å². The van der Waals surface area contributed by atoms with Crippen LogP contribution in [0.15, 0.2) is 28.6 Å². The molecule has 0 unspecified atom stereocenters. The van der Waals surface area contributed by atoms with Crippen molar-refractivity contribution in [2.75, 3.05) is 5.32 Å². The van der Waals surface area contributed by atoms with Crippen LogP contribution in [0.25, 0.3) is 0 Å². The zero-order valence-corrected chi connectivity index (χ0v) is 17.4. The maximum Gasteiger partial charge on any atom is 0.232 e. The van der Waals surface area contributed by atoms with Gasteiger partial charge in [0.25, 0.3) is 0 Å². The Morgan fingerprint density at radius 1 is 1.15 bits per heavy atom. The predicted octanol–water partition coefficient (Wildman–Crippen LogP) is 5.64. The van der Waals surface area contributed by atoms with Gasteiger partial charge in [0.15, 0.2) is 4.34 Å². The minimum Gasteiger partial charge on any atom is -0.300 e. The maximum absolute atomic E-state index is 13.1. The number of thioether (sulfide) groups is 1. The second kappa shape index (κ2) is 7.05. The standard InChI is InChI=1S/C20H22ClN3OS2/c21-16-4-2-1-3-15(16)11-26-19-24-23-18(27-19)22-17(25)20-8-12-5-13(9-20)7-14(6-12)10-20/h1-4,12-14H,5-11H2,(H,22,23,25). The van der Waals surface area contributed by atoms with Gasteiger partial charge in [-0.05, 0) is 67.9 Å². The second-order valence-corrected chi connectivity index (χ2v) is 11.0. The summed E-state index contributed by atoms with van der Waals surface area (Å²) in [6.45, 7) is 0. The molecule has 0 spiro atoms. The third kappa shape index (κ3) is 3.52. The van der Waals surface area contributed by atoms with E-state index in [1.165, 1.54) is 30.6 Å². The smallest absolute Gasteiger partial charge is 0.232 e. The van der Waals surface area contributed by atoms with Gasteiger partial charge in [0.1, 0.15) is 0 Å². The second-order valence-electron chi connectivity index (χ2n) is 8.41. The summed E-state index contributed by atoms with van der Waals surface area (Å²) in [5.41, 5.74) is 0.934. The van der Waals surface area contributed by atoms with Crippen LogP contribution in [0.3, 0.4) is 0 Å². The molecule has 4 fully saturated rings. The van der Waals surface area contributed by atoms with Gasteiger partial charge in [-0.2, -0.15) is 0 Å². The van der Waals surface area contributed by atoms with Gasteiger partial charge in [0.05, 0.1) is 5.41 Å². The third-order valence-corrected chi connectivity index (χ3v) is 8.85. The Morgan fingerprint density at radius 3 is 2.48 bits per heavy atom. The van der Waals surface area contributed by atoms with E-state index in [2.05, 4.69) is 15.5 Å². The predicted molar refractivity (Wildman–Crippen MR) is 110 cm³/mol. The van der Waals surface area contributed by atoms with Crippen molar-refractivity contribution in [2.24, 2.45) is 23.2 Å². The Balaban J connectivity index is 1.23. The van der Waals surface area contributed by atoms with Crippen LogP contribution in [0.1, 0.15) is 44.1 Å². The van der Waals surface area contributed by atoms with E-state index >= 15 is 0 Å². The number of aromatic nitrogens is 2. The first-order valence-corrected chi connectivity index (χ1v) is 11.8. The molecule has 1 aromatic carbocycles. The topological polar surface area (TPSA) is 54.9 Å². The zero-order chi connectivity index (χ0) is 18.4. The third-order valence-electron chi connectivity index (χ3n) is 6.46. The highest BCUT2D eigenvalue weighted by molar-refractivity contribution is 8.00. The van der Waals surface area contributed by atoms with E-state index in [4.69, 9.17) is 11.6 Å². The van der Waals surface area contributed by atoms with Crippen molar-refractivity contribution in [1.82, 2.24) is 10.2 Å². The van der Waals surface area contributed by atoms with Crippen LogP contribution < -0.4 is 5.32 Å². The minimum atomic E-state index is -0.148. The van der Waals surface area contributed by atoms with Crippen molar-refractivity contribution in [1.29, 1.82) is 0 Å². The number of amides is 1. The highest BCUT2D eigenvalue weighted by atomic mass is 35.5. The van der Waals surface area contributed by atoms with Crippen molar-refractivity contribution in [3.8, 4) is 0 Å². The first-order chi connectivity index (χ1) is 13.1. The fraction of sp³-hybridized carbons (Fsp3) is 0.550. The van der Waals surface area contributed by atoms with Crippen LogP contribution in [-0.2, 0) is 10.5 Å². The van der Waals surface area contributed by atoms with Crippen molar-refractivity contribution >= 4 is 45.7 Å². The van der Waals surface area contributed by atoms with Crippen LogP contribution >= 0.6 is 34.7 Å². The van der Waals surface area contributed by atoms with E-state index in [0.717, 1.165) is 57.7 Å². The monoisotopic (exact) mass is 419 g/mol. The van der Waals surface area contributed by atoms with Gasteiger partial charge in [-0.15, -0.1) is 10.2 Å². The average molecular weight is 420 g/mol. The minimum absolute atomic E-state index is 0.148. The Bertz CT molecular complexity index is 833. The molecule has 4 aliphatic carbocycles. The Hall–Kier alpha value is -1.11. The molecule has 142 valence electrons. The molecule has 6 rings (SSSR count). The van der Waals surface area contributed by atoms with Crippen LogP contribution in [0, 0.1) is 23.2 Å². The number of carbonyl (C=O) groups is 1. The Kier molecular flexibility index (Phi) is 4.69. The fourth-order valence-electron chi connectivity index (χ4n) is 5.69. The Labute approximate surface area is 172 Å². The number of anilines is 1. The lowest BCUT2D eigenvalue weighted by atomic mass is 9.49. The highest BCUT2D eigenvalue weighted by Crippen LogP contribution is 2.60. The van der Waals surface area contributed by atoms with Crippen LogP contribution in [0.4, 0.5) is 5.13 Å². The molecule has 1 N–H and O–H groups in total. The van der Waals surface area contributed by atoms with Crippen molar-refractivity contribution in [2.45, 2.75) is 48.6 Å². The summed E-state index contributed by atoms with van der Waals surface area (Å²) in [5.74, 6) is 3.21. The molecule has 7 heteroatoms. The summed E-state index contributed by atoms with van der Waals surface area (Å²) >= 11 is 9.27. The molecule has 4 saturated carbocycles. The SMILES string of the molecule is O=C(Nc1nnc(SCc2ccccc2Cl)s1)C12CC3CC(CC(C3)C1)C2. The van der Waals surface area contributed by atoms with Gasteiger partial charge in [-0.3, -0.25) is 4.79 Å². The summed E-state index contributed by atoms with van der Waals surface area (Å²) in [6.07, 6.45) is 7.23. The largest absolute Gasteiger partial charge is 0.300 e. The quantitative estimate of drug-likeness (QED) is 0.503. The molecule has 0 radical (unpaired) electrons. The molecular formula is C20H22ClN3OS2. The summed E-state index contributed by atoms with van der Waals surface area (Å²) in [5, 5.41) is 12.9. The molecular weight excluding hydrogens is 398 g/mol. The van der Waals surface area contributed by atoms with E-state index in [9.17, 15) is 4.79 Å². The molecule has 0 atom stereocenters. The lowest BCUT2D eigenvalue weighted by Crippen LogP contribution is -2.51. The summed E-state index contributed by atoms with van der Waals surface area (Å²) in [4.78, 5) is 13.1. The first-order valence-electron chi connectivity index (χ1n) is 9.61. The first kappa shape index (κ1) is 18.0. The number of hydrogen-bond donors (Lipinski definition) is 1. The highest BCUT2D eigenvalue weighted by Gasteiger charge is 2.54. The number of rotatable bonds is 5. The Morgan fingerprint density at radius 2 is 1.81 bits per heavy atom. The molecule has 4 bridgehead atoms. The molecule has 2 aromatic rings. The molecule has 0 aliphatic heterocycles. The van der Waals surface area contributed by atoms with E-state index in [0.29, 0.717) is 5.13 Å². The number of nitrogens with one attached hydrogen (secondary N) is 1. The summed E-state index contributed by atoms with van der Waals surface area (Å²) in [6, 6.07) is 7.83. The molecule has 1 heterocycles. The zero-order valence-electron chi connectivity index (χ0n) is 15.0. The van der Waals surface area contributed by atoms with Crippen LogP contribution in [0.5, 0.6) is 0 Å². The van der Waals surface area contributed by atoms with Gasteiger partial charge < -0.3 is 5.32 Å². The van der Waals surface area contributed by atoms with Crippen LogP contribution in [-0.4, -0.2) is 16.1 Å². The molecule has 1 aromatic heterocycles. The lowest BCUT2D eigenvalue weighted by Gasteiger charge is -2.55. The lowest BCUT2D eigenvalue weighted by molar-refractivity contribution is -0.140. The van der Waals surface area contributed by atoms with Crippen molar-refractivity contribution in [3.63, 3.8) is 0 Å². The summed E-state index contributed by atoms with van der Waals surface area (Å²) < 4.78 is 0.857. The number of nitrogens with zero attached hydrogens (tertiary/aromatic N) is 2. The van der Waals surface area contributed by atoms with Crippen molar-refractivity contribution < 1.29 is 4.79 Å². The van der Waals surface area contributed by atoms with E-state index in [1.807, 2.05) is 24.3 Å².